The highest BCUT2D eigenvalue weighted by atomic mass is 35.5. The Hall–Kier alpha value is -0.540. The first-order valence-electron chi connectivity index (χ1n) is 3.25. The van der Waals surface area contributed by atoms with Crippen LogP contribution in [-0.4, -0.2) is 16.7 Å². The maximum Gasteiger partial charge on any atom is 0.137 e. The quantitative estimate of drug-likeness (QED) is 0.684. The van der Waals surface area contributed by atoms with E-state index in [2.05, 4.69) is 4.98 Å². The lowest BCUT2D eigenvalue weighted by Gasteiger charge is -2.07. The third-order valence-corrected chi connectivity index (χ3v) is 1.58. The van der Waals surface area contributed by atoms with Crippen molar-refractivity contribution >= 4 is 12.4 Å². The topological polar surface area (TPSA) is 27.1 Å². The number of aryl methyl sites for hydroxylation is 1. The first-order chi connectivity index (χ1) is 4.75. The van der Waals surface area contributed by atoms with Crippen molar-refractivity contribution in [3.05, 3.63) is 18.2 Å². The summed E-state index contributed by atoms with van der Waals surface area (Å²) in [5.74, 6) is 0.961. The van der Waals surface area contributed by atoms with Gasteiger partial charge in [-0.3, -0.25) is 0 Å². The number of halogens is 1. The van der Waals surface area contributed by atoms with Gasteiger partial charge in [0, 0.05) is 26.6 Å². The molecule has 0 bridgehead atoms. The first kappa shape index (κ1) is 10.5. The van der Waals surface area contributed by atoms with E-state index < -0.39 is 0 Å². The summed E-state index contributed by atoms with van der Waals surface area (Å²) >= 11 is 0. The van der Waals surface area contributed by atoms with Crippen molar-refractivity contribution in [3.63, 3.8) is 0 Å². The number of methoxy groups -OCH3 is 1. The van der Waals surface area contributed by atoms with Crippen LogP contribution in [0, 0.1) is 0 Å². The lowest BCUT2D eigenvalue weighted by Crippen LogP contribution is -2.03. The zero-order chi connectivity index (χ0) is 7.56. The lowest BCUT2D eigenvalue weighted by molar-refractivity contribution is 0.109. The summed E-state index contributed by atoms with van der Waals surface area (Å²) in [5, 5.41) is 0. The lowest BCUT2D eigenvalue weighted by atomic mass is 10.4. The molecule has 1 atom stereocenters. The van der Waals surface area contributed by atoms with Crippen LogP contribution in [0.2, 0.25) is 0 Å². The highest BCUT2D eigenvalue weighted by Crippen LogP contribution is 2.10. The maximum atomic E-state index is 5.09. The normalized spacial score (nSPS) is 12.3. The maximum absolute atomic E-state index is 5.09. The fraction of sp³-hybridized carbons (Fsp3) is 0.571. The molecule has 1 rings (SSSR count). The van der Waals surface area contributed by atoms with Gasteiger partial charge in [-0.1, -0.05) is 0 Å². The van der Waals surface area contributed by atoms with Crippen molar-refractivity contribution in [2.75, 3.05) is 7.11 Å². The second-order valence-electron chi connectivity index (χ2n) is 2.27. The molecule has 1 heterocycles. The Labute approximate surface area is 72.8 Å². The molecule has 0 saturated carbocycles. The van der Waals surface area contributed by atoms with Crippen LogP contribution in [0.1, 0.15) is 18.9 Å². The number of hydrogen-bond acceptors (Lipinski definition) is 2. The van der Waals surface area contributed by atoms with Crippen molar-refractivity contribution in [2.45, 2.75) is 13.0 Å². The molecule has 4 heteroatoms. The molecule has 0 saturated heterocycles. The van der Waals surface area contributed by atoms with Gasteiger partial charge in [-0.2, -0.15) is 0 Å². The first-order valence-corrected chi connectivity index (χ1v) is 3.25. The van der Waals surface area contributed by atoms with E-state index in [9.17, 15) is 0 Å². The third kappa shape index (κ3) is 2.20. The van der Waals surface area contributed by atoms with E-state index in [0.717, 1.165) is 5.82 Å². The summed E-state index contributed by atoms with van der Waals surface area (Å²) < 4.78 is 7.04. The van der Waals surface area contributed by atoms with Gasteiger partial charge in [0.25, 0.3) is 0 Å². The van der Waals surface area contributed by atoms with Crippen LogP contribution in [0.15, 0.2) is 12.4 Å². The highest BCUT2D eigenvalue weighted by molar-refractivity contribution is 5.85. The molecule has 11 heavy (non-hydrogen) atoms. The fourth-order valence-electron chi connectivity index (χ4n) is 0.874. The third-order valence-electron chi connectivity index (χ3n) is 1.58. The molecule has 64 valence electrons. The average Bonchev–Trinajstić information content (AvgIpc) is 2.34. The monoisotopic (exact) mass is 176 g/mol. The molecule has 0 aromatic carbocycles. The summed E-state index contributed by atoms with van der Waals surface area (Å²) in [6.45, 7) is 1.97. The average molecular weight is 177 g/mol. The van der Waals surface area contributed by atoms with Crippen LogP contribution in [0.3, 0.4) is 0 Å². The summed E-state index contributed by atoms with van der Waals surface area (Å²) in [6.07, 6.45) is 3.76. The zero-order valence-corrected chi connectivity index (χ0v) is 7.76. The summed E-state index contributed by atoms with van der Waals surface area (Å²) in [6, 6.07) is 0. The Bertz CT molecular complexity index is 212. The molecule has 0 aliphatic rings. The number of hydrogen-bond donors (Lipinski definition) is 0. The number of aromatic nitrogens is 2. The van der Waals surface area contributed by atoms with Gasteiger partial charge < -0.3 is 9.30 Å². The molecular formula is C7H13ClN2O. The van der Waals surface area contributed by atoms with Gasteiger partial charge in [0.15, 0.2) is 0 Å². The van der Waals surface area contributed by atoms with E-state index in [0.29, 0.717) is 0 Å². The second kappa shape index (κ2) is 4.36. The van der Waals surface area contributed by atoms with Gasteiger partial charge in [0.05, 0.1) is 0 Å². The molecule has 0 spiro atoms. The van der Waals surface area contributed by atoms with Gasteiger partial charge in [-0.15, -0.1) is 12.4 Å². The van der Waals surface area contributed by atoms with Crippen LogP contribution in [0.4, 0.5) is 0 Å². The van der Waals surface area contributed by atoms with Gasteiger partial charge in [0.1, 0.15) is 11.9 Å². The summed E-state index contributed by atoms with van der Waals surface area (Å²) in [7, 11) is 3.64. The van der Waals surface area contributed by atoms with Crippen molar-refractivity contribution in [1.82, 2.24) is 9.55 Å². The Morgan fingerprint density at radius 2 is 2.27 bits per heavy atom. The Balaban J connectivity index is 0.000001000. The van der Waals surface area contributed by atoms with Crippen molar-refractivity contribution in [2.24, 2.45) is 7.05 Å². The number of rotatable bonds is 2. The minimum atomic E-state index is 0. The molecule has 1 aromatic heterocycles. The molecule has 0 aliphatic carbocycles. The van der Waals surface area contributed by atoms with Gasteiger partial charge in [-0.25, -0.2) is 4.98 Å². The standard InChI is InChI=1S/C7H12N2O.ClH/c1-6(10-3)7-8-4-5-9(7)2;/h4-6H,1-3H3;1H. The molecule has 0 fully saturated rings. The molecule has 1 unspecified atom stereocenters. The largest absolute Gasteiger partial charge is 0.374 e. The fourth-order valence-corrected chi connectivity index (χ4v) is 0.874. The summed E-state index contributed by atoms with van der Waals surface area (Å²) in [5.41, 5.74) is 0. The molecule has 0 aliphatic heterocycles. The second-order valence-corrected chi connectivity index (χ2v) is 2.27. The van der Waals surface area contributed by atoms with E-state index >= 15 is 0 Å². The molecular weight excluding hydrogens is 164 g/mol. The summed E-state index contributed by atoms with van der Waals surface area (Å²) in [4.78, 5) is 4.12. The van der Waals surface area contributed by atoms with Gasteiger partial charge in [0.2, 0.25) is 0 Å². The van der Waals surface area contributed by atoms with Crippen molar-refractivity contribution in [3.8, 4) is 0 Å². The molecule has 0 radical (unpaired) electrons. The zero-order valence-electron chi connectivity index (χ0n) is 6.94. The number of ether oxygens (including phenoxy) is 1. The molecule has 0 amide bonds. The number of nitrogens with zero attached hydrogens (tertiary/aromatic N) is 2. The van der Waals surface area contributed by atoms with Gasteiger partial charge in [-0.05, 0) is 6.92 Å². The Morgan fingerprint density at radius 3 is 2.64 bits per heavy atom. The van der Waals surface area contributed by atoms with E-state index in [1.54, 1.807) is 13.3 Å². The minimum Gasteiger partial charge on any atom is -0.374 e. The predicted octanol–water partition coefficient (Wildman–Crippen LogP) is 1.55. The molecule has 3 nitrogen and oxygen atoms in total. The van der Waals surface area contributed by atoms with Crippen LogP contribution < -0.4 is 0 Å². The van der Waals surface area contributed by atoms with Crippen molar-refractivity contribution in [1.29, 1.82) is 0 Å². The van der Waals surface area contributed by atoms with Gasteiger partial charge >= 0.3 is 0 Å². The smallest absolute Gasteiger partial charge is 0.137 e. The van der Waals surface area contributed by atoms with E-state index in [1.165, 1.54) is 0 Å². The van der Waals surface area contributed by atoms with Crippen LogP contribution in [0.5, 0.6) is 0 Å². The molecule has 1 aromatic rings. The Kier molecular flexibility index (Phi) is 4.15. The van der Waals surface area contributed by atoms with Crippen molar-refractivity contribution < 1.29 is 4.74 Å². The van der Waals surface area contributed by atoms with E-state index in [4.69, 9.17) is 4.74 Å². The van der Waals surface area contributed by atoms with Crippen LogP contribution >= 0.6 is 12.4 Å². The Morgan fingerprint density at radius 1 is 1.64 bits per heavy atom. The molecule has 0 N–H and O–H groups in total. The van der Waals surface area contributed by atoms with Crippen LogP contribution in [-0.2, 0) is 11.8 Å². The SMILES string of the molecule is COC(C)c1nccn1C.Cl. The van der Waals surface area contributed by atoms with Crippen LogP contribution in [0.25, 0.3) is 0 Å². The van der Waals surface area contributed by atoms with E-state index in [1.807, 2.05) is 24.7 Å². The number of imidazole rings is 1. The van der Waals surface area contributed by atoms with E-state index in [-0.39, 0.29) is 18.5 Å². The minimum absolute atomic E-state index is 0. The predicted molar refractivity (Wildman–Crippen MR) is 45.9 cm³/mol. The highest BCUT2D eigenvalue weighted by Gasteiger charge is 2.06.